The van der Waals surface area contributed by atoms with Crippen LogP contribution in [0.4, 0.5) is 0 Å². The number of carbonyl (C=O) groups excluding carboxylic acids is 1. The molecule has 0 aromatic heterocycles. The molecule has 116 valence electrons. The van der Waals surface area contributed by atoms with Crippen molar-refractivity contribution in [1.29, 1.82) is 0 Å². The van der Waals surface area contributed by atoms with Gasteiger partial charge in [-0.15, -0.1) is 0 Å². The predicted molar refractivity (Wildman–Crippen MR) is 83.1 cm³/mol. The van der Waals surface area contributed by atoms with Crippen molar-refractivity contribution >= 4 is 25.6 Å². The molecule has 1 N–H and O–H groups in total. The number of amides is 1. The van der Waals surface area contributed by atoms with Crippen molar-refractivity contribution < 1.29 is 13.2 Å². The van der Waals surface area contributed by atoms with Crippen LogP contribution in [0.5, 0.6) is 0 Å². The van der Waals surface area contributed by atoms with Gasteiger partial charge >= 0.3 is 0 Å². The second-order valence-electron chi connectivity index (χ2n) is 5.97. The van der Waals surface area contributed by atoms with Gasteiger partial charge in [-0.1, -0.05) is 13.3 Å². The van der Waals surface area contributed by atoms with Gasteiger partial charge in [0.05, 0.1) is 4.90 Å². The SMILES string of the molecule is Cc1cc(C(=O)NCC2CCC(C)C2)cc(S(=O)(=O)Cl)c1. The molecule has 1 amide bonds. The summed E-state index contributed by atoms with van der Waals surface area (Å²) in [6.45, 7) is 4.60. The zero-order valence-corrected chi connectivity index (χ0v) is 13.8. The zero-order valence-electron chi connectivity index (χ0n) is 12.2. The molecule has 0 heterocycles. The maximum atomic E-state index is 12.2. The molecule has 1 fully saturated rings. The third-order valence-electron chi connectivity index (χ3n) is 3.95. The summed E-state index contributed by atoms with van der Waals surface area (Å²) in [5, 5.41) is 2.89. The van der Waals surface area contributed by atoms with Gasteiger partial charge in [0.1, 0.15) is 0 Å². The minimum absolute atomic E-state index is 0.0381. The summed E-state index contributed by atoms with van der Waals surface area (Å²) in [4.78, 5) is 12.1. The molecule has 0 bridgehead atoms. The van der Waals surface area contributed by atoms with E-state index in [9.17, 15) is 13.2 Å². The number of hydrogen-bond donors (Lipinski definition) is 1. The highest BCUT2D eigenvalue weighted by Gasteiger charge is 2.22. The first-order valence-electron chi connectivity index (χ1n) is 7.10. The van der Waals surface area contributed by atoms with Crippen molar-refractivity contribution in [1.82, 2.24) is 5.32 Å². The van der Waals surface area contributed by atoms with Gasteiger partial charge in [-0.2, -0.15) is 0 Å². The quantitative estimate of drug-likeness (QED) is 0.863. The fourth-order valence-corrected chi connectivity index (χ4v) is 3.73. The molecule has 2 atom stereocenters. The van der Waals surface area contributed by atoms with E-state index in [2.05, 4.69) is 12.2 Å². The van der Waals surface area contributed by atoms with Gasteiger partial charge < -0.3 is 5.32 Å². The second-order valence-corrected chi connectivity index (χ2v) is 8.53. The summed E-state index contributed by atoms with van der Waals surface area (Å²) < 4.78 is 22.8. The Morgan fingerprint density at radius 1 is 1.33 bits per heavy atom. The van der Waals surface area contributed by atoms with Crippen LogP contribution in [0.3, 0.4) is 0 Å². The molecule has 1 aliphatic rings. The number of carbonyl (C=O) groups is 1. The minimum atomic E-state index is -3.83. The highest BCUT2D eigenvalue weighted by molar-refractivity contribution is 8.13. The fourth-order valence-electron chi connectivity index (χ4n) is 2.87. The second kappa shape index (κ2) is 6.36. The third-order valence-corrected chi connectivity index (χ3v) is 5.28. The molecule has 1 aromatic rings. The Morgan fingerprint density at radius 2 is 2.05 bits per heavy atom. The van der Waals surface area contributed by atoms with Crippen LogP contribution in [0, 0.1) is 18.8 Å². The number of halogens is 1. The molecule has 1 saturated carbocycles. The summed E-state index contributed by atoms with van der Waals surface area (Å²) in [5.41, 5.74) is 1.02. The number of rotatable bonds is 4. The van der Waals surface area contributed by atoms with Crippen LogP contribution in [-0.2, 0) is 9.05 Å². The van der Waals surface area contributed by atoms with Gasteiger partial charge in [0.25, 0.3) is 15.0 Å². The molecule has 6 heteroatoms. The van der Waals surface area contributed by atoms with Crippen molar-refractivity contribution in [3.05, 3.63) is 29.3 Å². The molecule has 4 nitrogen and oxygen atoms in total. The molecular weight excluding hydrogens is 310 g/mol. The van der Waals surface area contributed by atoms with Crippen LogP contribution in [0.2, 0.25) is 0 Å². The zero-order chi connectivity index (χ0) is 15.6. The van der Waals surface area contributed by atoms with Crippen molar-refractivity contribution in [2.45, 2.75) is 38.0 Å². The first-order chi connectivity index (χ1) is 9.75. The largest absolute Gasteiger partial charge is 0.352 e. The van der Waals surface area contributed by atoms with Crippen molar-refractivity contribution in [3.63, 3.8) is 0 Å². The van der Waals surface area contributed by atoms with Gasteiger partial charge in [-0.25, -0.2) is 8.42 Å². The number of aryl methyl sites for hydroxylation is 1. The van der Waals surface area contributed by atoms with Crippen LogP contribution < -0.4 is 5.32 Å². The Morgan fingerprint density at radius 3 is 2.62 bits per heavy atom. The van der Waals surface area contributed by atoms with E-state index in [1.54, 1.807) is 13.0 Å². The van der Waals surface area contributed by atoms with Gasteiger partial charge in [0.2, 0.25) is 0 Å². The molecule has 0 saturated heterocycles. The fraction of sp³-hybridized carbons (Fsp3) is 0.533. The van der Waals surface area contributed by atoms with E-state index in [0.717, 1.165) is 18.8 Å². The summed E-state index contributed by atoms with van der Waals surface area (Å²) in [7, 11) is 1.52. The van der Waals surface area contributed by atoms with Crippen LogP contribution in [-0.4, -0.2) is 20.9 Å². The Hall–Kier alpha value is -1.07. The topological polar surface area (TPSA) is 63.2 Å². The average molecular weight is 330 g/mol. The summed E-state index contributed by atoms with van der Waals surface area (Å²) in [5.74, 6) is 0.990. The van der Waals surface area contributed by atoms with Gasteiger partial charge in [-0.3, -0.25) is 4.79 Å². The highest BCUT2D eigenvalue weighted by Crippen LogP contribution is 2.29. The molecule has 0 radical (unpaired) electrons. The first kappa shape index (κ1) is 16.3. The van der Waals surface area contributed by atoms with Crippen LogP contribution >= 0.6 is 10.7 Å². The lowest BCUT2D eigenvalue weighted by Gasteiger charge is -2.12. The predicted octanol–water partition coefficient (Wildman–Crippen LogP) is 3.09. The minimum Gasteiger partial charge on any atom is -0.352 e. The number of nitrogens with one attached hydrogen (secondary N) is 1. The maximum Gasteiger partial charge on any atom is 0.261 e. The maximum absolute atomic E-state index is 12.2. The Kier molecular flexibility index (Phi) is 4.94. The molecular formula is C15H20ClNO3S. The Bertz CT molecular complexity index is 642. The van der Waals surface area contributed by atoms with Crippen molar-refractivity contribution in [2.24, 2.45) is 11.8 Å². The standard InChI is InChI=1S/C15H20ClNO3S/c1-10-3-4-12(5-10)9-17-15(18)13-6-11(2)7-14(8-13)21(16,19)20/h6-8,10,12H,3-5,9H2,1-2H3,(H,17,18). The van der Waals surface area contributed by atoms with Gasteiger partial charge in [-0.05, 0) is 55.4 Å². The number of benzene rings is 1. The molecule has 1 aromatic carbocycles. The lowest BCUT2D eigenvalue weighted by atomic mass is 10.1. The van der Waals surface area contributed by atoms with E-state index in [4.69, 9.17) is 10.7 Å². The molecule has 21 heavy (non-hydrogen) atoms. The average Bonchev–Trinajstić information content (AvgIpc) is 2.80. The van der Waals surface area contributed by atoms with E-state index in [1.807, 2.05) is 0 Å². The molecule has 2 rings (SSSR count). The number of hydrogen-bond acceptors (Lipinski definition) is 3. The molecule has 1 aliphatic carbocycles. The van der Waals surface area contributed by atoms with Crippen molar-refractivity contribution in [2.75, 3.05) is 6.54 Å². The summed E-state index contributed by atoms with van der Waals surface area (Å²) in [6.07, 6.45) is 3.48. The van der Waals surface area contributed by atoms with Crippen LogP contribution in [0.15, 0.2) is 23.1 Å². The van der Waals surface area contributed by atoms with E-state index < -0.39 is 9.05 Å². The van der Waals surface area contributed by atoms with Crippen LogP contribution in [0.1, 0.15) is 42.1 Å². The Labute approximate surface area is 130 Å². The monoisotopic (exact) mass is 329 g/mol. The Balaban J connectivity index is 2.07. The first-order valence-corrected chi connectivity index (χ1v) is 9.41. The normalized spacial score (nSPS) is 22.2. The molecule has 0 aliphatic heterocycles. The van der Waals surface area contributed by atoms with Gasteiger partial charge in [0.15, 0.2) is 0 Å². The van der Waals surface area contributed by atoms with Crippen LogP contribution in [0.25, 0.3) is 0 Å². The van der Waals surface area contributed by atoms with E-state index >= 15 is 0 Å². The highest BCUT2D eigenvalue weighted by atomic mass is 35.7. The lowest BCUT2D eigenvalue weighted by molar-refractivity contribution is 0.0947. The van der Waals surface area contributed by atoms with E-state index in [1.165, 1.54) is 18.6 Å². The molecule has 2 unspecified atom stereocenters. The summed E-state index contributed by atoms with van der Waals surface area (Å²) in [6, 6.07) is 4.44. The summed E-state index contributed by atoms with van der Waals surface area (Å²) >= 11 is 0. The molecule has 0 spiro atoms. The smallest absolute Gasteiger partial charge is 0.261 e. The van der Waals surface area contributed by atoms with E-state index in [0.29, 0.717) is 23.6 Å². The van der Waals surface area contributed by atoms with Gasteiger partial charge in [0, 0.05) is 22.8 Å². The third kappa shape index (κ3) is 4.45. The lowest BCUT2D eigenvalue weighted by Crippen LogP contribution is -2.28. The van der Waals surface area contributed by atoms with E-state index in [-0.39, 0.29) is 10.8 Å². The van der Waals surface area contributed by atoms with Crippen molar-refractivity contribution in [3.8, 4) is 0 Å².